The highest BCUT2D eigenvalue weighted by Crippen LogP contribution is 2.24. The van der Waals surface area contributed by atoms with Crippen LogP contribution in [0.3, 0.4) is 0 Å². The number of ketones is 1. The maximum absolute atomic E-state index is 12.0. The Labute approximate surface area is 138 Å². The van der Waals surface area contributed by atoms with Crippen LogP contribution in [0.4, 0.5) is 5.69 Å². The van der Waals surface area contributed by atoms with Gasteiger partial charge in [0.1, 0.15) is 5.75 Å². The van der Waals surface area contributed by atoms with Crippen LogP contribution in [0.1, 0.15) is 23.2 Å². The van der Waals surface area contributed by atoms with Gasteiger partial charge < -0.3 is 9.47 Å². The number of rotatable bonds is 5. The number of nitrogens with zero attached hydrogens (tertiary/aromatic N) is 2. The Bertz CT molecular complexity index is 729. The van der Waals surface area contributed by atoms with Crippen LogP contribution in [0.15, 0.2) is 47.7 Å². The topological polar surface area (TPSA) is 60.8 Å². The highest BCUT2D eigenvalue weighted by molar-refractivity contribution is 6.30. The van der Waals surface area contributed by atoms with Crippen LogP contribution >= 0.6 is 11.6 Å². The number of carbonyl (C=O) groups excluding carboxylic acids is 1. The van der Waals surface area contributed by atoms with E-state index >= 15 is 0 Å². The van der Waals surface area contributed by atoms with Crippen molar-refractivity contribution >= 4 is 29.0 Å². The number of pyridine rings is 1. The van der Waals surface area contributed by atoms with Gasteiger partial charge in [-0.05, 0) is 30.3 Å². The molecule has 1 aromatic heterocycles. The van der Waals surface area contributed by atoms with Gasteiger partial charge in [0, 0.05) is 23.8 Å². The molecule has 1 aromatic carbocycles. The number of ether oxygens (including phenoxy) is 2. The van der Waals surface area contributed by atoms with E-state index in [0.717, 1.165) is 5.75 Å². The van der Waals surface area contributed by atoms with E-state index in [1.54, 1.807) is 24.4 Å². The third-order valence-electron chi connectivity index (χ3n) is 3.30. The van der Waals surface area contributed by atoms with E-state index < -0.39 is 0 Å². The van der Waals surface area contributed by atoms with Gasteiger partial charge in [-0.2, -0.15) is 0 Å². The molecule has 0 fully saturated rings. The molecule has 6 heteroatoms. The average Bonchev–Trinajstić information content (AvgIpc) is 2.56. The standard InChI is InChI=1S/C17H15ClN2O3/c18-12-2-4-13(5-3-12)22-8-1-9-23-17-10-16(21)14-11-19-7-6-15(14)20-17/h2-7,11H,1,8-10H2. The van der Waals surface area contributed by atoms with Crippen LogP contribution < -0.4 is 4.74 Å². The second-order valence-electron chi connectivity index (χ2n) is 5.00. The van der Waals surface area contributed by atoms with Crippen molar-refractivity contribution in [3.05, 3.63) is 53.3 Å². The molecule has 1 aliphatic rings. The molecule has 0 spiro atoms. The summed E-state index contributed by atoms with van der Waals surface area (Å²) in [6.07, 6.45) is 4.02. The molecule has 1 aliphatic heterocycles. The van der Waals surface area contributed by atoms with Gasteiger partial charge in [-0.1, -0.05) is 11.6 Å². The maximum Gasteiger partial charge on any atom is 0.196 e. The first kappa shape index (κ1) is 15.5. The minimum Gasteiger partial charge on any atom is -0.493 e. The molecular weight excluding hydrogens is 316 g/mol. The number of hydrogen-bond donors (Lipinski definition) is 0. The molecule has 0 bridgehead atoms. The van der Waals surface area contributed by atoms with Crippen LogP contribution in [0.2, 0.25) is 5.02 Å². The Kier molecular flexibility index (Phi) is 4.88. The zero-order valence-corrected chi connectivity index (χ0v) is 13.1. The third kappa shape index (κ3) is 4.07. The van der Waals surface area contributed by atoms with Gasteiger partial charge in [-0.15, -0.1) is 0 Å². The van der Waals surface area contributed by atoms with Gasteiger partial charge in [0.2, 0.25) is 0 Å². The molecule has 2 aromatic rings. The van der Waals surface area contributed by atoms with Gasteiger partial charge in [0.15, 0.2) is 11.7 Å². The number of benzene rings is 1. The van der Waals surface area contributed by atoms with E-state index in [-0.39, 0.29) is 12.2 Å². The number of Topliss-reactive ketones (excluding diaryl/α,β-unsaturated/α-hetero) is 1. The van der Waals surface area contributed by atoms with Crippen molar-refractivity contribution in [3.63, 3.8) is 0 Å². The molecule has 2 heterocycles. The Morgan fingerprint density at radius 3 is 2.70 bits per heavy atom. The first-order valence-electron chi connectivity index (χ1n) is 7.28. The molecule has 5 nitrogen and oxygen atoms in total. The van der Waals surface area contributed by atoms with Crippen molar-refractivity contribution in [1.82, 2.24) is 4.98 Å². The van der Waals surface area contributed by atoms with Crippen molar-refractivity contribution < 1.29 is 14.3 Å². The van der Waals surface area contributed by atoms with Gasteiger partial charge >= 0.3 is 0 Å². The fourth-order valence-corrected chi connectivity index (χ4v) is 2.28. The van der Waals surface area contributed by atoms with E-state index in [9.17, 15) is 4.79 Å². The summed E-state index contributed by atoms with van der Waals surface area (Å²) in [5, 5.41) is 0.677. The van der Waals surface area contributed by atoms with E-state index in [2.05, 4.69) is 9.98 Å². The molecule has 0 atom stereocenters. The summed E-state index contributed by atoms with van der Waals surface area (Å²) in [4.78, 5) is 20.2. The Hall–Kier alpha value is -2.40. The largest absolute Gasteiger partial charge is 0.493 e. The van der Waals surface area contributed by atoms with Crippen molar-refractivity contribution in [2.75, 3.05) is 13.2 Å². The fourth-order valence-electron chi connectivity index (χ4n) is 2.16. The lowest BCUT2D eigenvalue weighted by molar-refractivity contribution is 0.0990. The lowest BCUT2D eigenvalue weighted by atomic mass is 10.1. The number of hydrogen-bond acceptors (Lipinski definition) is 5. The van der Waals surface area contributed by atoms with Gasteiger partial charge in [0.25, 0.3) is 0 Å². The maximum atomic E-state index is 12.0. The second kappa shape index (κ2) is 7.24. The number of aliphatic imine (C=N–C) groups is 1. The molecular formula is C17H15ClN2O3. The van der Waals surface area contributed by atoms with Gasteiger partial charge in [-0.25, -0.2) is 4.99 Å². The fraction of sp³-hybridized carbons (Fsp3) is 0.235. The first-order chi connectivity index (χ1) is 11.2. The summed E-state index contributed by atoms with van der Waals surface area (Å²) < 4.78 is 11.1. The smallest absolute Gasteiger partial charge is 0.196 e. The lowest BCUT2D eigenvalue weighted by Crippen LogP contribution is -2.17. The van der Waals surface area contributed by atoms with Crippen LogP contribution in [0, 0.1) is 0 Å². The average molecular weight is 331 g/mol. The molecule has 0 unspecified atom stereocenters. The Morgan fingerprint density at radius 1 is 1.09 bits per heavy atom. The molecule has 0 saturated heterocycles. The predicted octanol–water partition coefficient (Wildman–Crippen LogP) is 3.84. The predicted molar refractivity (Wildman–Crippen MR) is 87.8 cm³/mol. The molecule has 23 heavy (non-hydrogen) atoms. The van der Waals surface area contributed by atoms with Gasteiger partial charge in [0.05, 0.1) is 30.9 Å². The molecule has 118 valence electrons. The van der Waals surface area contributed by atoms with E-state index in [4.69, 9.17) is 21.1 Å². The van der Waals surface area contributed by atoms with E-state index in [0.29, 0.717) is 41.8 Å². The summed E-state index contributed by atoms with van der Waals surface area (Å²) in [6.45, 7) is 0.962. The zero-order valence-electron chi connectivity index (χ0n) is 12.4. The van der Waals surface area contributed by atoms with Crippen molar-refractivity contribution in [3.8, 4) is 5.75 Å². The Balaban J connectivity index is 1.45. The highest BCUT2D eigenvalue weighted by atomic mass is 35.5. The van der Waals surface area contributed by atoms with E-state index in [1.807, 2.05) is 12.1 Å². The normalized spacial score (nSPS) is 13.3. The highest BCUT2D eigenvalue weighted by Gasteiger charge is 2.20. The molecule has 0 amide bonds. The van der Waals surface area contributed by atoms with Crippen LogP contribution in [-0.2, 0) is 4.74 Å². The summed E-state index contributed by atoms with van der Waals surface area (Å²) in [5.41, 5.74) is 1.16. The lowest BCUT2D eigenvalue weighted by Gasteiger charge is -2.14. The minimum absolute atomic E-state index is 0.0180. The Morgan fingerprint density at radius 2 is 1.87 bits per heavy atom. The molecule has 0 radical (unpaired) electrons. The SMILES string of the molecule is O=C1CC(OCCCOc2ccc(Cl)cc2)=Nc2ccncc21. The summed E-state index contributed by atoms with van der Waals surface area (Å²) in [6, 6.07) is 8.90. The van der Waals surface area contributed by atoms with Gasteiger partial charge in [-0.3, -0.25) is 9.78 Å². The number of fused-ring (bicyclic) bond motifs is 1. The van der Waals surface area contributed by atoms with Crippen molar-refractivity contribution in [2.45, 2.75) is 12.8 Å². The quantitative estimate of drug-likeness (QED) is 0.781. The molecule has 3 rings (SSSR count). The molecule has 0 N–H and O–H groups in total. The van der Waals surface area contributed by atoms with Crippen molar-refractivity contribution in [1.29, 1.82) is 0 Å². The summed E-state index contributed by atoms with van der Waals surface area (Å²) >= 11 is 5.81. The number of aromatic nitrogens is 1. The van der Waals surface area contributed by atoms with Crippen LogP contribution in [-0.4, -0.2) is 29.9 Å². The first-order valence-corrected chi connectivity index (χ1v) is 7.66. The van der Waals surface area contributed by atoms with Crippen molar-refractivity contribution in [2.24, 2.45) is 4.99 Å². The zero-order chi connectivity index (χ0) is 16.1. The summed E-state index contributed by atoms with van der Waals surface area (Å²) in [7, 11) is 0. The second-order valence-corrected chi connectivity index (χ2v) is 5.44. The van der Waals surface area contributed by atoms with Crippen LogP contribution in [0.5, 0.6) is 5.75 Å². The minimum atomic E-state index is -0.0180. The number of halogens is 1. The monoisotopic (exact) mass is 330 g/mol. The van der Waals surface area contributed by atoms with Crippen LogP contribution in [0.25, 0.3) is 0 Å². The third-order valence-corrected chi connectivity index (χ3v) is 3.55. The van der Waals surface area contributed by atoms with E-state index in [1.165, 1.54) is 6.20 Å². The summed E-state index contributed by atoms with van der Waals surface area (Å²) in [5.74, 6) is 1.19. The molecule has 0 saturated carbocycles. The molecule has 0 aliphatic carbocycles. The number of carbonyl (C=O) groups is 1.